The number of hydrogen-bond donors (Lipinski definition) is 0. The smallest absolute Gasteiger partial charge is 0.308 e. The second-order valence-electron chi connectivity index (χ2n) is 7.75. The third-order valence-electron chi connectivity index (χ3n) is 4.65. The van der Waals surface area contributed by atoms with Gasteiger partial charge in [0.1, 0.15) is 0 Å². The standard InChI is InChI=1S/C18H32O4/c1-18(2,3)12-14(16(19)21-4)11-15(17(20)22-5)13-9-7-6-8-10-13/h13-15H,6-12H2,1-5H3/t14-,15+/m0/s1. The van der Waals surface area contributed by atoms with Crippen LogP contribution in [-0.2, 0) is 19.1 Å². The van der Waals surface area contributed by atoms with E-state index in [-0.39, 0.29) is 29.2 Å². The highest BCUT2D eigenvalue weighted by Crippen LogP contribution is 2.37. The van der Waals surface area contributed by atoms with E-state index in [0.29, 0.717) is 12.3 Å². The Morgan fingerprint density at radius 2 is 1.55 bits per heavy atom. The van der Waals surface area contributed by atoms with Gasteiger partial charge in [0.2, 0.25) is 0 Å². The first-order valence-electron chi connectivity index (χ1n) is 8.44. The average Bonchev–Trinajstić information content (AvgIpc) is 2.49. The molecule has 0 heterocycles. The number of carbonyl (C=O) groups excluding carboxylic acids is 2. The summed E-state index contributed by atoms with van der Waals surface area (Å²) in [6, 6.07) is 0. The van der Waals surface area contributed by atoms with Crippen molar-refractivity contribution >= 4 is 11.9 Å². The summed E-state index contributed by atoms with van der Waals surface area (Å²) < 4.78 is 9.99. The minimum atomic E-state index is -0.240. The summed E-state index contributed by atoms with van der Waals surface area (Å²) in [5, 5.41) is 0. The molecule has 0 aliphatic heterocycles. The fourth-order valence-corrected chi connectivity index (χ4v) is 3.64. The molecule has 4 nitrogen and oxygen atoms in total. The minimum Gasteiger partial charge on any atom is -0.469 e. The quantitative estimate of drug-likeness (QED) is 0.696. The van der Waals surface area contributed by atoms with Crippen LogP contribution in [0.1, 0.15) is 65.7 Å². The fraction of sp³-hybridized carbons (Fsp3) is 0.889. The second-order valence-corrected chi connectivity index (χ2v) is 7.75. The van der Waals surface area contributed by atoms with Gasteiger partial charge in [0.15, 0.2) is 0 Å². The molecule has 4 heteroatoms. The van der Waals surface area contributed by atoms with Gasteiger partial charge in [0, 0.05) is 0 Å². The highest BCUT2D eigenvalue weighted by atomic mass is 16.5. The van der Waals surface area contributed by atoms with Crippen LogP contribution in [0.2, 0.25) is 0 Å². The van der Waals surface area contributed by atoms with E-state index < -0.39 is 0 Å². The molecule has 128 valence electrons. The van der Waals surface area contributed by atoms with Gasteiger partial charge in [-0.05, 0) is 37.0 Å². The fourth-order valence-electron chi connectivity index (χ4n) is 3.64. The van der Waals surface area contributed by atoms with Gasteiger partial charge < -0.3 is 9.47 Å². The van der Waals surface area contributed by atoms with Crippen molar-refractivity contribution in [3.05, 3.63) is 0 Å². The van der Waals surface area contributed by atoms with Crippen LogP contribution >= 0.6 is 0 Å². The maximum atomic E-state index is 12.2. The zero-order chi connectivity index (χ0) is 16.8. The lowest BCUT2D eigenvalue weighted by atomic mass is 9.73. The van der Waals surface area contributed by atoms with E-state index in [1.807, 2.05) is 0 Å². The first-order chi connectivity index (χ1) is 10.3. The molecule has 22 heavy (non-hydrogen) atoms. The summed E-state index contributed by atoms with van der Waals surface area (Å²) in [7, 11) is 2.86. The number of carbonyl (C=O) groups is 2. The van der Waals surface area contributed by atoms with Gasteiger partial charge in [-0.2, -0.15) is 0 Å². The zero-order valence-corrected chi connectivity index (χ0v) is 14.8. The van der Waals surface area contributed by atoms with Gasteiger partial charge in [-0.3, -0.25) is 9.59 Å². The number of hydrogen-bond acceptors (Lipinski definition) is 4. The molecular weight excluding hydrogens is 280 g/mol. The van der Waals surface area contributed by atoms with Gasteiger partial charge in [-0.25, -0.2) is 0 Å². The maximum absolute atomic E-state index is 12.2. The number of methoxy groups -OCH3 is 2. The molecule has 0 amide bonds. The molecule has 0 bridgehead atoms. The van der Waals surface area contributed by atoms with E-state index >= 15 is 0 Å². The molecule has 0 spiro atoms. The monoisotopic (exact) mass is 312 g/mol. The van der Waals surface area contributed by atoms with E-state index in [1.165, 1.54) is 33.5 Å². The molecule has 1 aliphatic carbocycles. The van der Waals surface area contributed by atoms with Crippen molar-refractivity contribution in [2.75, 3.05) is 14.2 Å². The molecule has 0 saturated heterocycles. The highest BCUT2D eigenvalue weighted by Gasteiger charge is 2.36. The second kappa shape index (κ2) is 8.54. The Morgan fingerprint density at radius 3 is 2.00 bits per heavy atom. The molecule has 0 radical (unpaired) electrons. The molecule has 0 unspecified atom stereocenters. The van der Waals surface area contributed by atoms with Gasteiger partial charge in [-0.15, -0.1) is 0 Å². The van der Waals surface area contributed by atoms with E-state index in [2.05, 4.69) is 20.8 Å². The van der Waals surface area contributed by atoms with Crippen LogP contribution in [0.25, 0.3) is 0 Å². The lowest BCUT2D eigenvalue weighted by molar-refractivity contribution is -0.152. The maximum Gasteiger partial charge on any atom is 0.308 e. The predicted octanol–water partition coefficient (Wildman–Crippen LogP) is 3.97. The lowest BCUT2D eigenvalue weighted by Crippen LogP contribution is -2.33. The van der Waals surface area contributed by atoms with Crippen molar-refractivity contribution in [1.29, 1.82) is 0 Å². The average molecular weight is 312 g/mol. The van der Waals surface area contributed by atoms with Crippen molar-refractivity contribution < 1.29 is 19.1 Å². The molecule has 1 aliphatic rings. The Morgan fingerprint density at radius 1 is 1.00 bits per heavy atom. The lowest BCUT2D eigenvalue weighted by Gasteiger charge is -2.32. The summed E-state index contributed by atoms with van der Waals surface area (Å²) in [6.45, 7) is 6.32. The van der Waals surface area contributed by atoms with Crippen molar-refractivity contribution in [3.63, 3.8) is 0 Å². The molecule has 0 aromatic carbocycles. The predicted molar refractivity (Wildman–Crippen MR) is 86.3 cm³/mol. The molecule has 0 aromatic rings. The summed E-state index contributed by atoms with van der Waals surface area (Å²) in [4.78, 5) is 24.4. The van der Waals surface area contributed by atoms with Gasteiger partial charge >= 0.3 is 11.9 Å². The zero-order valence-electron chi connectivity index (χ0n) is 14.8. The van der Waals surface area contributed by atoms with Gasteiger partial charge in [0.05, 0.1) is 26.1 Å². The number of ether oxygens (including phenoxy) is 2. The Bertz CT molecular complexity index is 364. The van der Waals surface area contributed by atoms with Crippen LogP contribution in [0.5, 0.6) is 0 Å². The van der Waals surface area contributed by atoms with E-state index in [0.717, 1.165) is 19.3 Å². The first kappa shape index (κ1) is 19.0. The molecule has 2 atom stereocenters. The van der Waals surface area contributed by atoms with Gasteiger partial charge in [-0.1, -0.05) is 40.0 Å². The van der Waals surface area contributed by atoms with Crippen molar-refractivity contribution in [2.24, 2.45) is 23.2 Å². The van der Waals surface area contributed by atoms with Crippen LogP contribution in [0.15, 0.2) is 0 Å². The Balaban J connectivity index is 2.86. The third kappa shape index (κ3) is 5.98. The van der Waals surface area contributed by atoms with Crippen LogP contribution < -0.4 is 0 Å². The van der Waals surface area contributed by atoms with Crippen LogP contribution in [-0.4, -0.2) is 26.2 Å². The van der Waals surface area contributed by atoms with Crippen molar-refractivity contribution in [1.82, 2.24) is 0 Å². The third-order valence-corrected chi connectivity index (χ3v) is 4.65. The van der Waals surface area contributed by atoms with E-state index in [9.17, 15) is 9.59 Å². The number of esters is 2. The summed E-state index contributed by atoms with van der Waals surface area (Å²) in [5.41, 5.74) is 0.0199. The summed E-state index contributed by atoms with van der Waals surface area (Å²) in [6.07, 6.45) is 6.96. The Labute approximate surface area is 134 Å². The SMILES string of the molecule is COC(=O)[C@@H](C[C@@H](C(=O)OC)C1CCCCC1)CC(C)(C)C. The molecule has 1 saturated carbocycles. The molecule has 0 N–H and O–H groups in total. The van der Waals surface area contributed by atoms with Crippen LogP contribution in [0.3, 0.4) is 0 Å². The van der Waals surface area contributed by atoms with Gasteiger partial charge in [0.25, 0.3) is 0 Å². The Kier molecular flexibility index (Phi) is 7.37. The normalized spacial score (nSPS) is 19.3. The van der Waals surface area contributed by atoms with Crippen molar-refractivity contribution in [3.8, 4) is 0 Å². The summed E-state index contributed by atoms with van der Waals surface area (Å²) >= 11 is 0. The van der Waals surface area contributed by atoms with Crippen LogP contribution in [0, 0.1) is 23.2 Å². The molecular formula is C18H32O4. The molecule has 0 aromatic heterocycles. The van der Waals surface area contributed by atoms with Crippen LogP contribution in [0.4, 0.5) is 0 Å². The topological polar surface area (TPSA) is 52.6 Å². The van der Waals surface area contributed by atoms with Crippen molar-refractivity contribution in [2.45, 2.75) is 65.7 Å². The highest BCUT2D eigenvalue weighted by molar-refractivity contribution is 5.76. The van der Waals surface area contributed by atoms with E-state index in [4.69, 9.17) is 9.47 Å². The van der Waals surface area contributed by atoms with E-state index in [1.54, 1.807) is 0 Å². The first-order valence-corrected chi connectivity index (χ1v) is 8.44. The minimum absolute atomic E-state index is 0.0199. The Hall–Kier alpha value is -1.06. The number of rotatable bonds is 6. The molecule has 1 fully saturated rings. The summed E-state index contributed by atoms with van der Waals surface area (Å²) in [5.74, 6) is -0.463. The largest absolute Gasteiger partial charge is 0.469 e. The molecule has 1 rings (SSSR count).